The Morgan fingerprint density at radius 1 is 1.00 bits per heavy atom. The highest BCUT2D eigenvalue weighted by Gasteiger charge is 2.27. The van der Waals surface area contributed by atoms with E-state index in [0.29, 0.717) is 5.75 Å². The number of halogens is 1. The molecule has 0 spiro atoms. The molecule has 3 aromatic carbocycles. The maximum absolute atomic E-state index is 13.1. The number of benzene rings is 3. The Balaban J connectivity index is 1.85. The Hall–Kier alpha value is -2.87. The molecule has 0 aliphatic rings. The van der Waals surface area contributed by atoms with Crippen LogP contribution in [0.5, 0.6) is 5.75 Å². The van der Waals surface area contributed by atoms with Gasteiger partial charge in [0.2, 0.25) is 15.9 Å². The summed E-state index contributed by atoms with van der Waals surface area (Å²) in [5, 5.41) is 3.07. The third-order valence-electron chi connectivity index (χ3n) is 4.99. The molecule has 0 bridgehead atoms. The Bertz CT molecular complexity index is 1160. The van der Waals surface area contributed by atoms with Crippen molar-refractivity contribution in [2.45, 2.75) is 30.3 Å². The minimum absolute atomic E-state index is 0.0507. The van der Waals surface area contributed by atoms with Gasteiger partial charge in [-0.3, -0.25) is 4.79 Å². The number of ether oxygens (including phenoxy) is 1. The van der Waals surface area contributed by atoms with Crippen molar-refractivity contribution >= 4 is 27.5 Å². The summed E-state index contributed by atoms with van der Waals surface area (Å²) in [6.07, 6.45) is 0.192. The first-order valence-corrected chi connectivity index (χ1v) is 11.9. The van der Waals surface area contributed by atoms with Gasteiger partial charge in [0.1, 0.15) is 11.8 Å². The number of nitrogens with one attached hydrogen (secondary N) is 2. The summed E-state index contributed by atoms with van der Waals surface area (Å²) >= 11 is 6.10. The molecule has 0 unspecified atom stereocenters. The Labute approximate surface area is 193 Å². The van der Waals surface area contributed by atoms with Crippen molar-refractivity contribution in [3.05, 3.63) is 95.0 Å². The van der Waals surface area contributed by atoms with Gasteiger partial charge < -0.3 is 10.1 Å². The molecule has 2 atom stereocenters. The number of carbonyl (C=O) groups excluding carboxylic acids is 1. The number of sulfonamides is 1. The molecule has 0 aromatic heterocycles. The minimum Gasteiger partial charge on any atom is -0.495 e. The van der Waals surface area contributed by atoms with Crippen LogP contribution in [0.1, 0.15) is 24.1 Å². The highest BCUT2D eigenvalue weighted by molar-refractivity contribution is 7.89. The number of amides is 1. The van der Waals surface area contributed by atoms with Crippen molar-refractivity contribution in [3.63, 3.8) is 0 Å². The zero-order chi connectivity index (χ0) is 23.1. The van der Waals surface area contributed by atoms with E-state index >= 15 is 0 Å². The fourth-order valence-corrected chi connectivity index (χ4v) is 4.79. The van der Waals surface area contributed by atoms with Gasteiger partial charge in [0.25, 0.3) is 0 Å². The van der Waals surface area contributed by atoms with Crippen LogP contribution in [-0.2, 0) is 21.2 Å². The lowest BCUT2D eigenvalue weighted by Crippen LogP contribution is -2.48. The topological polar surface area (TPSA) is 84.5 Å². The van der Waals surface area contributed by atoms with Crippen LogP contribution in [0.4, 0.5) is 0 Å². The van der Waals surface area contributed by atoms with Crippen molar-refractivity contribution in [2.24, 2.45) is 0 Å². The molecule has 6 nitrogen and oxygen atoms in total. The average molecular weight is 473 g/mol. The third kappa shape index (κ3) is 6.09. The molecule has 3 rings (SSSR count). The molecular formula is C24H25ClN2O4S. The van der Waals surface area contributed by atoms with Crippen molar-refractivity contribution < 1.29 is 17.9 Å². The molecule has 168 valence electrons. The molecule has 0 saturated carbocycles. The summed E-state index contributed by atoms with van der Waals surface area (Å²) in [5.74, 6) is -0.0609. The first-order valence-electron chi connectivity index (χ1n) is 10.1. The van der Waals surface area contributed by atoms with Crippen LogP contribution in [0.15, 0.2) is 83.8 Å². The van der Waals surface area contributed by atoms with E-state index in [1.54, 1.807) is 0 Å². The molecule has 2 N–H and O–H groups in total. The zero-order valence-corrected chi connectivity index (χ0v) is 19.4. The van der Waals surface area contributed by atoms with E-state index in [9.17, 15) is 13.2 Å². The maximum atomic E-state index is 13.1. The molecule has 32 heavy (non-hydrogen) atoms. The van der Waals surface area contributed by atoms with Crippen LogP contribution < -0.4 is 14.8 Å². The van der Waals surface area contributed by atoms with Crippen LogP contribution in [0.2, 0.25) is 5.02 Å². The minimum atomic E-state index is -4.02. The Morgan fingerprint density at radius 2 is 1.62 bits per heavy atom. The second-order valence-corrected chi connectivity index (χ2v) is 9.42. The lowest BCUT2D eigenvalue weighted by Gasteiger charge is -2.22. The molecule has 0 radical (unpaired) electrons. The monoisotopic (exact) mass is 472 g/mol. The molecule has 3 aromatic rings. The van der Waals surface area contributed by atoms with Gasteiger partial charge in [-0.2, -0.15) is 4.72 Å². The molecule has 0 aliphatic heterocycles. The van der Waals surface area contributed by atoms with E-state index in [2.05, 4.69) is 10.0 Å². The first kappa shape index (κ1) is 23.8. The number of carbonyl (C=O) groups is 1. The predicted octanol–water partition coefficient (Wildman–Crippen LogP) is 4.12. The molecule has 0 heterocycles. The molecule has 0 saturated heterocycles. The highest BCUT2D eigenvalue weighted by atomic mass is 35.5. The van der Waals surface area contributed by atoms with Gasteiger partial charge in [0, 0.05) is 0 Å². The molecular weight excluding hydrogens is 448 g/mol. The van der Waals surface area contributed by atoms with Crippen LogP contribution in [-0.4, -0.2) is 27.5 Å². The van der Waals surface area contributed by atoms with Crippen molar-refractivity contribution in [1.82, 2.24) is 10.0 Å². The van der Waals surface area contributed by atoms with Gasteiger partial charge in [-0.1, -0.05) is 72.3 Å². The van der Waals surface area contributed by atoms with Crippen LogP contribution in [0.25, 0.3) is 0 Å². The van der Waals surface area contributed by atoms with Crippen LogP contribution in [0, 0.1) is 0 Å². The average Bonchev–Trinajstić information content (AvgIpc) is 2.79. The summed E-state index contributed by atoms with van der Waals surface area (Å²) in [7, 11) is -2.58. The molecule has 8 heteroatoms. The summed E-state index contributed by atoms with van der Waals surface area (Å²) in [4.78, 5) is 13.1. The second-order valence-electron chi connectivity index (χ2n) is 7.30. The van der Waals surface area contributed by atoms with E-state index in [1.807, 2.05) is 67.6 Å². The SMILES string of the molecule is COc1ccc(S(=O)(=O)N[C@@H](Cc2ccccc2)C(=O)N[C@H](C)c2ccccc2)cc1Cl. The standard InChI is InChI=1S/C24H25ClN2O4S/c1-17(19-11-7-4-8-12-19)26-24(28)22(15-18-9-5-3-6-10-18)27-32(29,30)20-13-14-23(31-2)21(25)16-20/h3-14,16-17,22,27H,15H2,1-2H3,(H,26,28)/t17-,22+/m1/s1. The van der Waals surface area contributed by atoms with Crippen LogP contribution >= 0.6 is 11.6 Å². The normalized spacial score (nSPS) is 13.2. The van der Waals surface area contributed by atoms with Crippen molar-refractivity contribution in [2.75, 3.05) is 7.11 Å². The molecule has 1 amide bonds. The van der Waals surface area contributed by atoms with Crippen molar-refractivity contribution in [3.8, 4) is 5.75 Å². The summed E-state index contributed by atoms with van der Waals surface area (Å²) in [6.45, 7) is 1.85. The van der Waals surface area contributed by atoms with Crippen molar-refractivity contribution in [1.29, 1.82) is 0 Å². The number of hydrogen-bond acceptors (Lipinski definition) is 4. The summed E-state index contributed by atoms with van der Waals surface area (Å²) in [5.41, 5.74) is 1.75. The van der Waals surface area contributed by atoms with Gasteiger partial charge in [0.05, 0.1) is 23.1 Å². The quantitative estimate of drug-likeness (QED) is 0.490. The van der Waals surface area contributed by atoms with Gasteiger partial charge in [-0.25, -0.2) is 8.42 Å². The van der Waals surface area contributed by atoms with E-state index in [0.717, 1.165) is 11.1 Å². The van der Waals surface area contributed by atoms with E-state index in [4.69, 9.17) is 16.3 Å². The van der Waals surface area contributed by atoms with Gasteiger partial charge in [0.15, 0.2) is 0 Å². The summed E-state index contributed by atoms with van der Waals surface area (Å²) < 4.78 is 33.7. The first-order chi connectivity index (χ1) is 15.3. The van der Waals surface area contributed by atoms with Gasteiger partial charge in [-0.15, -0.1) is 0 Å². The highest BCUT2D eigenvalue weighted by Crippen LogP contribution is 2.27. The third-order valence-corrected chi connectivity index (χ3v) is 6.75. The van der Waals surface area contributed by atoms with E-state index in [-0.39, 0.29) is 22.4 Å². The van der Waals surface area contributed by atoms with Crippen LogP contribution in [0.3, 0.4) is 0 Å². The zero-order valence-electron chi connectivity index (χ0n) is 17.8. The van der Waals surface area contributed by atoms with Gasteiger partial charge >= 0.3 is 0 Å². The van der Waals surface area contributed by atoms with E-state index in [1.165, 1.54) is 25.3 Å². The number of hydrogen-bond donors (Lipinski definition) is 2. The lowest BCUT2D eigenvalue weighted by molar-refractivity contribution is -0.123. The Kier molecular flexibility index (Phi) is 7.90. The summed E-state index contributed by atoms with van der Waals surface area (Å²) in [6, 6.07) is 21.6. The predicted molar refractivity (Wildman–Crippen MR) is 125 cm³/mol. The number of methoxy groups -OCH3 is 1. The van der Waals surface area contributed by atoms with E-state index < -0.39 is 22.0 Å². The lowest BCUT2D eigenvalue weighted by atomic mass is 10.0. The van der Waals surface area contributed by atoms with Gasteiger partial charge in [-0.05, 0) is 42.7 Å². The fourth-order valence-electron chi connectivity index (χ4n) is 3.25. The molecule has 0 aliphatic carbocycles. The largest absolute Gasteiger partial charge is 0.495 e. The fraction of sp³-hybridized carbons (Fsp3) is 0.208. The Morgan fingerprint density at radius 3 is 2.22 bits per heavy atom. The number of rotatable bonds is 9. The smallest absolute Gasteiger partial charge is 0.241 e. The maximum Gasteiger partial charge on any atom is 0.241 e. The second kappa shape index (κ2) is 10.6. The molecule has 0 fully saturated rings.